The van der Waals surface area contributed by atoms with Gasteiger partial charge in [-0.25, -0.2) is 24.2 Å². The molecule has 0 spiro atoms. The van der Waals surface area contributed by atoms with Gasteiger partial charge in [0, 0.05) is 34.3 Å². The number of hydrogen-bond acceptors (Lipinski definition) is 5. The molecule has 1 N–H and O–H groups in total. The van der Waals surface area contributed by atoms with Gasteiger partial charge >= 0.3 is 0 Å². The molecule has 5 nitrogen and oxygen atoms in total. The molecule has 3 aromatic rings. The molecule has 0 aliphatic carbocycles. The Kier molecular flexibility index (Phi) is 6.66. The van der Waals surface area contributed by atoms with Crippen molar-refractivity contribution < 1.29 is 13.6 Å². The fourth-order valence-electron chi connectivity index (χ4n) is 2.49. The number of hydrogen-bond donors (Lipinski definition) is 1. The number of aromatic nitrogens is 2. The van der Waals surface area contributed by atoms with Crippen molar-refractivity contribution in [2.75, 3.05) is 0 Å². The maximum Gasteiger partial charge on any atom is 0.271 e. The fraction of sp³-hybridized carbons (Fsp3) is 0.143. The van der Waals surface area contributed by atoms with E-state index in [0.29, 0.717) is 16.5 Å². The smallest absolute Gasteiger partial charge is 0.267 e. The summed E-state index contributed by atoms with van der Waals surface area (Å²) in [6, 6.07) is 12.1. The monoisotopic (exact) mass is 412 g/mol. The van der Waals surface area contributed by atoms with Gasteiger partial charge in [-0.15, -0.1) is 0 Å². The zero-order chi connectivity index (χ0) is 20.8. The Labute approximate surface area is 171 Å². The number of rotatable bonds is 6. The predicted octanol–water partition coefficient (Wildman–Crippen LogP) is 4.43. The molecule has 0 unspecified atom stereocenters. The van der Waals surface area contributed by atoms with Gasteiger partial charge in [0.15, 0.2) is 5.16 Å². The second-order valence-electron chi connectivity index (χ2n) is 6.28. The molecule has 0 atom stereocenters. The van der Waals surface area contributed by atoms with Gasteiger partial charge in [0.05, 0.1) is 6.21 Å². The van der Waals surface area contributed by atoms with E-state index in [1.807, 2.05) is 32.0 Å². The minimum atomic E-state index is -0.752. The number of halogens is 2. The number of benzene rings is 2. The summed E-state index contributed by atoms with van der Waals surface area (Å²) in [5, 5.41) is 4.43. The van der Waals surface area contributed by atoms with Crippen molar-refractivity contribution in [1.82, 2.24) is 15.4 Å². The summed E-state index contributed by atoms with van der Waals surface area (Å²) in [7, 11) is 0. The SMILES string of the molecule is Cc1cc(C)nc(SCc2ccc(C(=O)NN=Cc3ccc(F)cc3F)cc2)n1. The predicted molar refractivity (Wildman–Crippen MR) is 109 cm³/mol. The minimum absolute atomic E-state index is 0.0766. The van der Waals surface area contributed by atoms with E-state index in [0.717, 1.165) is 35.3 Å². The van der Waals surface area contributed by atoms with Crippen LogP contribution in [-0.4, -0.2) is 22.1 Å². The zero-order valence-electron chi connectivity index (χ0n) is 15.8. The lowest BCUT2D eigenvalue weighted by Gasteiger charge is -2.05. The van der Waals surface area contributed by atoms with Gasteiger partial charge < -0.3 is 0 Å². The number of amides is 1. The molecule has 29 heavy (non-hydrogen) atoms. The molecule has 0 aliphatic heterocycles. The normalized spacial score (nSPS) is 11.0. The summed E-state index contributed by atoms with van der Waals surface area (Å²) in [4.78, 5) is 20.9. The standard InChI is InChI=1S/C21H18F2N4OS/c1-13-9-14(2)26-21(25-13)29-12-15-3-5-16(6-4-15)20(28)27-24-11-17-7-8-18(22)10-19(17)23/h3-11H,12H2,1-2H3,(H,27,28). The van der Waals surface area contributed by atoms with Gasteiger partial charge in [-0.2, -0.15) is 5.10 Å². The van der Waals surface area contributed by atoms with Gasteiger partial charge in [-0.1, -0.05) is 23.9 Å². The van der Waals surface area contributed by atoms with Crippen molar-refractivity contribution in [2.45, 2.75) is 24.8 Å². The van der Waals surface area contributed by atoms with Crippen LogP contribution >= 0.6 is 11.8 Å². The average molecular weight is 412 g/mol. The van der Waals surface area contributed by atoms with E-state index < -0.39 is 17.5 Å². The Bertz CT molecular complexity index is 1030. The maximum atomic E-state index is 13.5. The molecule has 1 aromatic heterocycles. The van der Waals surface area contributed by atoms with Crippen LogP contribution in [0.3, 0.4) is 0 Å². The Morgan fingerprint density at radius 1 is 1.07 bits per heavy atom. The van der Waals surface area contributed by atoms with Crippen LogP contribution in [0.2, 0.25) is 0 Å². The molecule has 3 rings (SSSR count). The summed E-state index contributed by atoms with van der Waals surface area (Å²) < 4.78 is 26.4. The lowest BCUT2D eigenvalue weighted by molar-refractivity contribution is 0.0955. The topological polar surface area (TPSA) is 67.2 Å². The molecule has 1 heterocycles. The largest absolute Gasteiger partial charge is 0.271 e. The molecule has 8 heteroatoms. The molecule has 0 saturated carbocycles. The van der Waals surface area contributed by atoms with Crippen molar-refractivity contribution in [1.29, 1.82) is 0 Å². The van der Waals surface area contributed by atoms with Crippen LogP contribution in [0.15, 0.2) is 58.8 Å². The van der Waals surface area contributed by atoms with Crippen LogP contribution in [-0.2, 0) is 5.75 Å². The highest BCUT2D eigenvalue weighted by molar-refractivity contribution is 7.98. The van der Waals surface area contributed by atoms with E-state index in [1.54, 1.807) is 12.1 Å². The summed E-state index contributed by atoms with van der Waals surface area (Å²) in [5.41, 5.74) is 5.68. The number of aryl methyl sites for hydroxylation is 2. The maximum absolute atomic E-state index is 13.5. The number of nitrogens with zero attached hydrogens (tertiary/aromatic N) is 3. The summed E-state index contributed by atoms with van der Waals surface area (Å²) in [6.45, 7) is 3.86. The molecule has 0 aliphatic rings. The van der Waals surface area contributed by atoms with Gasteiger partial charge in [0.2, 0.25) is 0 Å². The molecule has 0 fully saturated rings. The van der Waals surface area contributed by atoms with E-state index in [2.05, 4.69) is 20.5 Å². The first-order valence-corrected chi connectivity index (χ1v) is 9.72. The van der Waals surface area contributed by atoms with Gasteiger partial charge in [-0.3, -0.25) is 4.79 Å². The Morgan fingerprint density at radius 3 is 2.41 bits per heavy atom. The summed E-state index contributed by atoms with van der Waals surface area (Å²) in [6.07, 6.45) is 1.13. The Hall–Kier alpha value is -3.13. The van der Waals surface area contributed by atoms with Crippen molar-refractivity contribution in [3.8, 4) is 0 Å². The molecular formula is C21H18F2N4OS. The van der Waals surface area contributed by atoms with Crippen molar-refractivity contribution in [3.05, 3.63) is 88.2 Å². The minimum Gasteiger partial charge on any atom is -0.267 e. The Balaban J connectivity index is 1.56. The van der Waals surface area contributed by atoms with E-state index in [4.69, 9.17) is 0 Å². The second-order valence-corrected chi connectivity index (χ2v) is 7.23. The quantitative estimate of drug-likeness (QED) is 0.282. The van der Waals surface area contributed by atoms with Crippen molar-refractivity contribution >= 4 is 23.9 Å². The molecule has 148 valence electrons. The highest BCUT2D eigenvalue weighted by Crippen LogP contribution is 2.20. The lowest BCUT2D eigenvalue weighted by Crippen LogP contribution is -2.17. The first-order valence-electron chi connectivity index (χ1n) is 8.73. The van der Waals surface area contributed by atoms with E-state index in [1.165, 1.54) is 17.8 Å². The second kappa shape index (κ2) is 9.38. The Morgan fingerprint density at radius 2 is 1.76 bits per heavy atom. The number of hydrazone groups is 1. The van der Waals surface area contributed by atoms with E-state index >= 15 is 0 Å². The van der Waals surface area contributed by atoms with Gasteiger partial charge in [0.1, 0.15) is 11.6 Å². The molecule has 0 radical (unpaired) electrons. The van der Waals surface area contributed by atoms with Gasteiger partial charge in [0.25, 0.3) is 5.91 Å². The molecular weight excluding hydrogens is 394 g/mol. The third-order valence-corrected chi connectivity index (χ3v) is 4.80. The third-order valence-electron chi connectivity index (χ3n) is 3.88. The number of thioether (sulfide) groups is 1. The zero-order valence-corrected chi connectivity index (χ0v) is 16.6. The highest BCUT2D eigenvalue weighted by Gasteiger charge is 2.06. The molecule has 1 amide bonds. The van der Waals surface area contributed by atoms with Crippen LogP contribution in [0, 0.1) is 25.5 Å². The molecule has 0 bridgehead atoms. The number of carbonyl (C=O) groups excluding carboxylic acids is 1. The van der Waals surface area contributed by atoms with E-state index in [-0.39, 0.29) is 5.56 Å². The van der Waals surface area contributed by atoms with Crippen molar-refractivity contribution in [3.63, 3.8) is 0 Å². The van der Waals surface area contributed by atoms with Crippen LogP contribution in [0.5, 0.6) is 0 Å². The summed E-state index contributed by atoms with van der Waals surface area (Å²) in [5.74, 6) is -1.18. The number of carbonyl (C=O) groups is 1. The fourth-order valence-corrected chi connectivity index (χ4v) is 3.39. The first kappa shape index (κ1) is 20.6. The van der Waals surface area contributed by atoms with Crippen molar-refractivity contribution in [2.24, 2.45) is 5.10 Å². The summed E-state index contributed by atoms with van der Waals surface area (Å²) >= 11 is 1.52. The van der Waals surface area contributed by atoms with Gasteiger partial charge in [-0.05, 0) is 49.7 Å². The third kappa shape index (κ3) is 5.92. The lowest BCUT2D eigenvalue weighted by atomic mass is 10.1. The molecule has 2 aromatic carbocycles. The van der Waals surface area contributed by atoms with Crippen LogP contribution in [0.1, 0.15) is 32.9 Å². The molecule has 0 saturated heterocycles. The average Bonchev–Trinajstić information content (AvgIpc) is 2.67. The van der Waals surface area contributed by atoms with Crippen LogP contribution in [0.4, 0.5) is 8.78 Å². The van der Waals surface area contributed by atoms with E-state index in [9.17, 15) is 13.6 Å². The van der Waals surface area contributed by atoms with Crippen LogP contribution < -0.4 is 5.43 Å². The first-order chi connectivity index (χ1) is 13.9. The number of nitrogens with one attached hydrogen (secondary N) is 1. The van der Waals surface area contributed by atoms with Crippen LogP contribution in [0.25, 0.3) is 0 Å². The highest BCUT2D eigenvalue weighted by atomic mass is 32.2.